The van der Waals surface area contributed by atoms with Gasteiger partial charge < -0.3 is 4.42 Å². The Labute approximate surface area is 627 Å². The molecule has 2 aliphatic rings. The first kappa shape index (κ1) is 62.6. The largest absolute Gasteiger partial charge is 0.456 e. The van der Waals surface area contributed by atoms with Gasteiger partial charge in [0.2, 0.25) is 0 Å². The van der Waals surface area contributed by atoms with Crippen molar-refractivity contribution >= 4 is 75.0 Å². The zero-order valence-corrected chi connectivity index (χ0v) is 59.1. The van der Waals surface area contributed by atoms with Crippen LogP contribution in [0, 0.1) is 0 Å². The van der Waals surface area contributed by atoms with Crippen LogP contribution in [0.2, 0.25) is 0 Å². The summed E-state index contributed by atoms with van der Waals surface area (Å²) >= 11 is 1.83. The summed E-state index contributed by atoms with van der Waals surface area (Å²) < 4.78 is 9.26. The average molecular weight is 1400 g/mol. The maximum absolute atomic E-state index is 6.80. The summed E-state index contributed by atoms with van der Waals surface area (Å²) in [4.78, 5) is 29.8. The molecule has 8 heteroatoms. The van der Waals surface area contributed by atoms with E-state index in [1.165, 1.54) is 108 Å². The Morgan fingerprint density at radius 1 is 0.204 bits per heavy atom. The zero-order chi connectivity index (χ0) is 71.3. The number of hydrogen-bond acceptors (Lipinski definition) is 8. The van der Waals surface area contributed by atoms with Crippen molar-refractivity contribution in [1.82, 2.24) is 29.9 Å². The second kappa shape index (κ2) is 25.5. The lowest BCUT2D eigenvalue weighted by Gasteiger charge is -2.34. The lowest BCUT2D eigenvalue weighted by molar-refractivity contribution is 0.665. The molecule has 4 heterocycles. The van der Waals surface area contributed by atoms with E-state index in [1.54, 1.807) is 0 Å². The summed E-state index contributed by atoms with van der Waals surface area (Å²) in [5.41, 5.74) is 21.5. The van der Waals surface area contributed by atoms with Gasteiger partial charge in [-0.1, -0.05) is 322 Å². The van der Waals surface area contributed by atoms with Gasteiger partial charge in [-0.25, -0.2) is 29.9 Å². The Morgan fingerprint density at radius 3 is 0.954 bits per heavy atom. The Kier molecular flexibility index (Phi) is 14.8. The minimum absolute atomic E-state index is 0.473. The van der Waals surface area contributed by atoms with E-state index in [9.17, 15) is 0 Å². The molecule has 20 aromatic rings. The van der Waals surface area contributed by atoms with E-state index in [1.807, 2.05) is 133 Å². The van der Waals surface area contributed by atoms with E-state index in [2.05, 4.69) is 255 Å². The number of aromatic nitrogens is 6. The van der Waals surface area contributed by atoms with Crippen molar-refractivity contribution in [2.24, 2.45) is 0 Å². The van der Waals surface area contributed by atoms with Crippen LogP contribution in [0.25, 0.3) is 154 Å². The van der Waals surface area contributed by atoms with E-state index in [-0.39, 0.29) is 0 Å². The molecule has 7 nitrogen and oxygen atoms in total. The summed E-state index contributed by atoms with van der Waals surface area (Å²) in [6, 6.07) is 134. The molecular weight excluding hydrogens is 1330 g/mol. The highest BCUT2D eigenvalue weighted by molar-refractivity contribution is 7.25. The zero-order valence-electron chi connectivity index (χ0n) is 58.3. The number of benzene rings is 16. The first-order valence-corrected chi connectivity index (χ1v) is 37.4. The summed E-state index contributed by atoms with van der Waals surface area (Å²) in [5.74, 6) is 3.85. The SMILES string of the molecule is c1ccc(-c2nc(-c3ccccc3)nc(-c3ccc4c(c3)oc3cc(C5(c6ccccc6)c6ccccc6-c6cc7ccccc7cc65)ccc34)n2)cc1.c1ccc(-c2nc(-c3ccccc3)nc(-c3ccc4c(c3)sc3cc(C5(c6ccccc6)c6ccccc6-c6cc7ccccc7cc65)ccc34)n2)cc1. The molecule has 2 aliphatic carbocycles. The van der Waals surface area contributed by atoms with E-state index in [0.29, 0.717) is 34.9 Å². The highest BCUT2D eigenvalue weighted by Crippen LogP contribution is 2.60. The average Bonchev–Trinajstić information content (AvgIpc) is 1.52. The second-order valence-corrected chi connectivity index (χ2v) is 29.0. The number of fused-ring (bicyclic) bond motifs is 14. The van der Waals surface area contributed by atoms with Gasteiger partial charge in [0, 0.05) is 64.3 Å². The van der Waals surface area contributed by atoms with Crippen molar-refractivity contribution in [2.45, 2.75) is 10.8 Å². The van der Waals surface area contributed by atoms with E-state index >= 15 is 0 Å². The van der Waals surface area contributed by atoms with Crippen molar-refractivity contribution in [1.29, 1.82) is 0 Å². The molecule has 0 N–H and O–H groups in total. The fraction of sp³-hybridized carbons (Fsp3) is 0.0200. The van der Waals surface area contributed by atoms with Crippen molar-refractivity contribution in [3.8, 4) is 90.6 Å². The molecule has 0 saturated heterocycles. The van der Waals surface area contributed by atoms with Crippen LogP contribution >= 0.6 is 11.3 Å². The van der Waals surface area contributed by atoms with Crippen LogP contribution in [-0.2, 0) is 10.8 Å². The van der Waals surface area contributed by atoms with Crippen LogP contribution in [-0.4, -0.2) is 29.9 Å². The first-order chi connectivity index (χ1) is 53.5. The predicted molar refractivity (Wildman–Crippen MR) is 442 cm³/mol. The fourth-order valence-electron chi connectivity index (χ4n) is 17.1. The Morgan fingerprint density at radius 2 is 0.519 bits per heavy atom. The lowest BCUT2D eigenvalue weighted by Crippen LogP contribution is -2.28. The minimum Gasteiger partial charge on any atom is -0.456 e. The van der Waals surface area contributed by atoms with E-state index in [0.717, 1.165) is 55.3 Å². The van der Waals surface area contributed by atoms with Gasteiger partial charge >= 0.3 is 0 Å². The van der Waals surface area contributed by atoms with Crippen molar-refractivity contribution in [3.63, 3.8) is 0 Å². The third-order valence-electron chi connectivity index (χ3n) is 22.0. The van der Waals surface area contributed by atoms with Crippen LogP contribution in [0.5, 0.6) is 0 Å². The molecule has 0 amide bonds. The molecule has 22 rings (SSSR count). The molecule has 0 saturated carbocycles. The Bertz CT molecular complexity index is 6390. The predicted octanol–water partition coefficient (Wildman–Crippen LogP) is 25.0. The molecule has 0 aliphatic heterocycles. The molecule has 2 unspecified atom stereocenters. The minimum atomic E-state index is -0.540. The number of furan rings is 1. The first-order valence-electron chi connectivity index (χ1n) is 36.5. The van der Waals surface area contributed by atoms with Gasteiger partial charge in [-0.15, -0.1) is 11.3 Å². The topological polar surface area (TPSA) is 90.5 Å². The van der Waals surface area contributed by atoms with Crippen LogP contribution in [0.4, 0.5) is 0 Å². The number of nitrogens with zero attached hydrogens (tertiary/aromatic N) is 6. The summed E-state index contributed by atoms with van der Waals surface area (Å²) in [5, 5.41) is 9.59. The number of hydrogen-bond donors (Lipinski definition) is 0. The van der Waals surface area contributed by atoms with Gasteiger partial charge in [0.25, 0.3) is 0 Å². The van der Waals surface area contributed by atoms with Gasteiger partial charge in [0.05, 0.1) is 10.8 Å². The molecule has 4 aromatic heterocycles. The second-order valence-electron chi connectivity index (χ2n) is 27.9. The Hall–Kier alpha value is -13.9. The Balaban J connectivity index is 0.000000138. The van der Waals surface area contributed by atoms with Crippen LogP contribution < -0.4 is 0 Å². The monoisotopic (exact) mass is 1390 g/mol. The molecule has 0 spiro atoms. The van der Waals surface area contributed by atoms with Gasteiger partial charge in [-0.3, -0.25) is 0 Å². The third kappa shape index (κ3) is 10.2. The van der Waals surface area contributed by atoms with Crippen LogP contribution in [0.1, 0.15) is 44.5 Å². The van der Waals surface area contributed by atoms with Gasteiger partial charge in [0.15, 0.2) is 34.9 Å². The van der Waals surface area contributed by atoms with Gasteiger partial charge in [0.1, 0.15) is 11.2 Å². The third-order valence-corrected chi connectivity index (χ3v) is 23.1. The molecule has 108 heavy (non-hydrogen) atoms. The van der Waals surface area contributed by atoms with E-state index < -0.39 is 10.8 Å². The van der Waals surface area contributed by atoms with Crippen molar-refractivity contribution in [3.05, 3.63) is 421 Å². The lowest BCUT2D eigenvalue weighted by atomic mass is 9.67. The molecule has 0 radical (unpaired) electrons. The maximum Gasteiger partial charge on any atom is 0.164 e. The van der Waals surface area contributed by atoms with Crippen molar-refractivity contribution in [2.75, 3.05) is 0 Å². The number of thiophene rings is 1. The summed E-state index contributed by atoms with van der Waals surface area (Å²) in [7, 11) is 0. The van der Waals surface area contributed by atoms with Gasteiger partial charge in [-0.2, -0.15) is 0 Å². The molecule has 2 atom stereocenters. The standard InChI is InChI=1S/C50H31N3O.C50H31N3S/c2*1-4-14-32(15-5-1)47-51-48(33-16-6-2-7-17-33)53-49(52-47)36-24-26-40-41-27-25-38(31-46(41)54-45(40)30-36)50(37-20-8-3-9-21-37)43-23-13-12-22-39(43)42-28-34-18-10-11-19-35(34)29-44(42)50/h2*1-31H. The van der Waals surface area contributed by atoms with Crippen molar-refractivity contribution < 1.29 is 4.42 Å². The molecule has 0 fully saturated rings. The van der Waals surface area contributed by atoms with Gasteiger partial charge in [-0.05, 0) is 143 Å². The number of rotatable bonds is 10. The highest BCUT2D eigenvalue weighted by atomic mass is 32.1. The molecule has 504 valence electrons. The molecule has 0 bridgehead atoms. The molecular formula is C100H62N6OS. The molecule has 16 aromatic carbocycles. The quantitative estimate of drug-likeness (QED) is 0.135. The van der Waals surface area contributed by atoms with Crippen LogP contribution in [0.3, 0.4) is 0 Å². The van der Waals surface area contributed by atoms with Crippen LogP contribution in [0.15, 0.2) is 381 Å². The smallest absolute Gasteiger partial charge is 0.164 e. The highest BCUT2D eigenvalue weighted by Gasteiger charge is 2.48. The van der Waals surface area contributed by atoms with E-state index in [4.69, 9.17) is 34.3 Å². The summed E-state index contributed by atoms with van der Waals surface area (Å²) in [6.45, 7) is 0. The fourth-order valence-corrected chi connectivity index (χ4v) is 18.2. The maximum atomic E-state index is 6.80. The normalized spacial score (nSPS) is 14.7. The summed E-state index contributed by atoms with van der Waals surface area (Å²) in [6.07, 6.45) is 0.